The Bertz CT molecular complexity index is 605. The van der Waals surface area contributed by atoms with Gasteiger partial charge in [0.05, 0.1) is 0 Å². The molecule has 0 unspecified atom stereocenters. The predicted molar refractivity (Wildman–Crippen MR) is 121 cm³/mol. The maximum absolute atomic E-state index is 12.3. The first-order valence-corrected chi connectivity index (χ1v) is 11.8. The largest absolute Gasteiger partial charge is 0.492 e. The molecule has 3 nitrogen and oxygen atoms in total. The van der Waals surface area contributed by atoms with Gasteiger partial charge in [0.15, 0.2) is 0 Å². The number of nitrogens with zero attached hydrogens (tertiary/aromatic N) is 1. The van der Waals surface area contributed by atoms with Gasteiger partial charge in [-0.15, -0.1) is 0 Å². The fourth-order valence-corrected chi connectivity index (χ4v) is 3.49. The van der Waals surface area contributed by atoms with E-state index in [1.165, 1.54) is 64.2 Å². The molecule has 0 atom stereocenters. The number of carbonyl (C=O) groups is 1. The molecule has 6 heteroatoms. The molecule has 0 heterocycles. The molecule has 0 saturated carbocycles. The quantitative estimate of drug-likeness (QED) is 0.229. The molecule has 0 radical (unpaired) electrons. The van der Waals surface area contributed by atoms with Crippen LogP contribution < -0.4 is 4.74 Å². The van der Waals surface area contributed by atoms with Crippen LogP contribution in [0.15, 0.2) is 24.3 Å². The maximum atomic E-state index is 12.3. The fraction of sp³-hybridized carbons (Fsp3) is 0.720. The molecule has 0 fully saturated rings. The average molecular weight is 444 g/mol. The maximum Gasteiger partial charge on any atom is 0.449 e. The van der Waals surface area contributed by atoms with E-state index in [0.29, 0.717) is 17.9 Å². The van der Waals surface area contributed by atoms with Crippen LogP contribution in [-0.4, -0.2) is 43.6 Å². The number of ether oxygens (including phenoxy) is 1. The van der Waals surface area contributed by atoms with Crippen molar-refractivity contribution in [2.45, 2.75) is 90.1 Å². The molecule has 0 aliphatic rings. The van der Waals surface area contributed by atoms with Crippen molar-refractivity contribution < 1.29 is 22.7 Å². The van der Waals surface area contributed by atoms with Crippen molar-refractivity contribution in [2.75, 3.05) is 26.7 Å². The molecular weight excluding hydrogens is 403 g/mol. The first kappa shape index (κ1) is 27.5. The highest BCUT2D eigenvalue weighted by Gasteiger charge is 2.37. The highest BCUT2D eigenvalue weighted by Crippen LogP contribution is 2.20. The smallest absolute Gasteiger partial charge is 0.449 e. The molecule has 0 saturated heterocycles. The zero-order chi connectivity index (χ0) is 23.0. The topological polar surface area (TPSA) is 29.5 Å². The van der Waals surface area contributed by atoms with E-state index in [9.17, 15) is 18.0 Å². The standard InChI is InChI=1S/C25H40F3NO2/c1-3-4-5-6-7-8-9-10-11-12-18-29(2)19-20-31-23-15-13-14-22(21-23)16-17-24(30)25(26,27)28/h13-15,21H,3-12,16-20H2,1-2H3. The number of halogens is 3. The first-order chi connectivity index (χ1) is 14.8. The molecule has 0 spiro atoms. The van der Waals surface area contributed by atoms with Crippen molar-refractivity contribution in [1.82, 2.24) is 4.90 Å². The van der Waals surface area contributed by atoms with E-state index in [2.05, 4.69) is 18.9 Å². The number of aryl methyl sites for hydroxylation is 1. The zero-order valence-corrected chi connectivity index (χ0v) is 19.3. The van der Waals surface area contributed by atoms with Crippen LogP contribution in [-0.2, 0) is 11.2 Å². The third-order valence-electron chi connectivity index (χ3n) is 5.49. The summed E-state index contributed by atoms with van der Waals surface area (Å²) in [7, 11) is 2.08. The van der Waals surface area contributed by atoms with Gasteiger partial charge in [0.2, 0.25) is 5.78 Å². The number of hydrogen-bond donors (Lipinski definition) is 0. The Morgan fingerprint density at radius 3 is 2.16 bits per heavy atom. The van der Waals surface area contributed by atoms with Crippen LogP contribution in [0.2, 0.25) is 0 Å². The van der Waals surface area contributed by atoms with E-state index in [-0.39, 0.29) is 6.42 Å². The van der Waals surface area contributed by atoms with Crippen LogP contribution in [0.25, 0.3) is 0 Å². The van der Waals surface area contributed by atoms with E-state index in [0.717, 1.165) is 13.1 Å². The number of rotatable bonds is 18. The van der Waals surface area contributed by atoms with Crippen molar-refractivity contribution in [3.63, 3.8) is 0 Å². The van der Waals surface area contributed by atoms with Gasteiger partial charge in [0, 0.05) is 13.0 Å². The molecular formula is C25H40F3NO2. The first-order valence-electron chi connectivity index (χ1n) is 11.8. The van der Waals surface area contributed by atoms with Gasteiger partial charge in [-0.1, -0.05) is 76.8 Å². The predicted octanol–water partition coefficient (Wildman–Crippen LogP) is 6.98. The molecule has 0 aliphatic heterocycles. The second-order valence-corrected chi connectivity index (χ2v) is 8.40. The monoisotopic (exact) mass is 443 g/mol. The second kappa shape index (κ2) is 16.1. The lowest BCUT2D eigenvalue weighted by molar-refractivity contribution is -0.171. The highest BCUT2D eigenvalue weighted by atomic mass is 19.4. The summed E-state index contributed by atoms with van der Waals surface area (Å²) in [4.78, 5) is 13.3. The summed E-state index contributed by atoms with van der Waals surface area (Å²) in [6.07, 6.45) is 8.03. The fourth-order valence-electron chi connectivity index (χ4n) is 3.49. The van der Waals surface area contributed by atoms with Crippen LogP contribution in [0, 0.1) is 0 Å². The van der Waals surface area contributed by atoms with Gasteiger partial charge in [-0.05, 0) is 44.1 Å². The Morgan fingerprint density at radius 1 is 0.935 bits per heavy atom. The Hall–Kier alpha value is -1.56. The van der Waals surface area contributed by atoms with Crippen molar-refractivity contribution in [1.29, 1.82) is 0 Å². The van der Waals surface area contributed by atoms with Crippen LogP contribution in [0.1, 0.15) is 83.1 Å². The number of ketones is 1. The molecule has 0 bridgehead atoms. The SMILES string of the molecule is CCCCCCCCCCCCN(C)CCOc1cccc(CCC(=O)C(F)(F)F)c1. The summed E-state index contributed by atoms with van der Waals surface area (Å²) < 4.78 is 42.7. The summed E-state index contributed by atoms with van der Waals surface area (Å²) in [6.45, 7) is 4.62. The number of unbranched alkanes of at least 4 members (excludes halogenated alkanes) is 9. The van der Waals surface area contributed by atoms with Gasteiger partial charge in [-0.25, -0.2) is 0 Å². The van der Waals surface area contributed by atoms with Crippen LogP contribution >= 0.6 is 0 Å². The minimum Gasteiger partial charge on any atom is -0.492 e. The molecule has 0 N–H and O–H groups in total. The number of hydrogen-bond acceptors (Lipinski definition) is 3. The van der Waals surface area contributed by atoms with Crippen molar-refractivity contribution in [3.05, 3.63) is 29.8 Å². The van der Waals surface area contributed by atoms with Crippen LogP contribution in [0.5, 0.6) is 5.75 Å². The summed E-state index contributed by atoms with van der Waals surface area (Å²) in [6, 6.07) is 6.97. The van der Waals surface area contributed by atoms with E-state index in [1.807, 2.05) is 0 Å². The number of carbonyl (C=O) groups excluding carboxylic acids is 1. The lowest BCUT2D eigenvalue weighted by Crippen LogP contribution is -2.25. The Kier molecular flexibility index (Phi) is 14.3. The third kappa shape index (κ3) is 14.2. The third-order valence-corrected chi connectivity index (χ3v) is 5.49. The normalized spacial score (nSPS) is 11.8. The molecule has 0 aromatic heterocycles. The number of likely N-dealkylation sites (N-methyl/N-ethyl adjacent to an activating group) is 1. The van der Waals surface area contributed by atoms with Gasteiger partial charge >= 0.3 is 6.18 Å². The van der Waals surface area contributed by atoms with Gasteiger partial charge in [0.1, 0.15) is 12.4 Å². The zero-order valence-electron chi connectivity index (χ0n) is 19.3. The summed E-state index contributed by atoms with van der Waals surface area (Å²) in [5.74, 6) is -1.06. The Morgan fingerprint density at radius 2 is 1.55 bits per heavy atom. The number of Topliss-reactive ketones (excluding diaryl/α,β-unsaturated/α-hetero) is 1. The summed E-state index contributed by atoms with van der Waals surface area (Å²) in [5, 5.41) is 0. The minimum absolute atomic E-state index is 0.0637. The minimum atomic E-state index is -4.76. The van der Waals surface area contributed by atoms with Gasteiger partial charge in [0.25, 0.3) is 0 Å². The lowest BCUT2D eigenvalue weighted by atomic mass is 10.1. The summed E-state index contributed by atoms with van der Waals surface area (Å²) >= 11 is 0. The second-order valence-electron chi connectivity index (χ2n) is 8.40. The Balaban J connectivity index is 2.10. The van der Waals surface area contributed by atoms with Gasteiger partial charge in [-0.2, -0.15) is 13.2 Å². The van der Waals surface area contributed by atoms with Crippen molar-refractivity contribution in [2.24, 2.45) is 0 Å². The molecule has 0 aliphatic carbocycles. The van der Waals surface area contributed by atoms with E-state index in [1.54, 1.807) is 24.3 Å². The number of benzene rings is 1. The van der Waals surface area contributed by atoms with Crippen molar-refractivity contribution in [3.8, 4) is 5.75 Å². The number of alkyl halides is 3. The molecule has 1 rings (SSSR count). The van der Waals surface area contributed by atoms with Gasteiger partial charge in [-0.3, -0.25) is 4.79 Å². The van der Waals surface area contributed by atoms with Crippen LogP contribution in [0.4, 0.5) is 13.2 Å². The van der Waals surface area contributed by atoms with Crippen LogP contribution in [0.3, 0.4) is 0 Å². The molecule has 1 aromatic rings. The van der Waals surface area contributed by atoms with E-state index >= 15 is 0 Å². The molecule has 178 valence electrons. The summed E-state index contributed by atoms with van der Waals surface area (Å²) in [5.41, 5.74) is 0.675. The Labute approximate surface area is 186 Å². The van der Waals surface area contributed by atoms with Crippen molar-refractivity contribution >= 4 is 5.78 Å². The average Bonchev–Trinajstić information content (AvgIpc) is 2.73. The highest BCUT2D eigenvalue weighted by molar-refractivity contribution is 5.84. The lowest BCUT2D eigenvalue weighted by Gasteiger charge is -2.17. The molecule has 31 heavy (non-hydrogen) atoms. The van der Waals surface area contributed by atoms with E-state index < -0.39 is 18.4 Å². The molecule has 0 amide bonds. The molecule has 1 aromatic carbocycles. The van der Waals surface area contributed by atoms with Gasteiger partial charge < -0.3 is 9.64 Å². The van der Waals surface area contributed by atoms with E-state index in [4.69, 9.17) is 4.74 Å².